The monoisotopic (exact) mass is 506 g/mol. The predicted octanol–water partition coefficient (Wildman–Crippen LogP) is 2.48. The summed E-state index contributed by atoms with van der Waals surface area (Å²) < 4.78 is 8.12. The second-order valence-electron chi connectivity index (χ2n) is 6.96. The number of nitrogens with one attached hydrogen (secondary N) is 2. The van der Waals surface area contributed by atoms with Crippen molar-refractivity contribution in [2.45, 2.75) is 60.3 Å². The van der Waals surface area contributed by atoms with Gasteiger partial charge in [0.1, 0.15) is 0 Å². The molecule has 0 bridgehead atoms. The van der Waals surface area contributed by atoms with Crippen molar-refractivity contribution in [1.82, 2.24) is 10.6 Å². The number of fused-ring (bicyclic) bond motifs is 1. The van der Waals surface area contributed by atoms with Crippen LogP contribution in [0.15, 0.2) is 30.3 Å². The molecule has 5 nitrogen and oxygen atoms in total. The van der Waals surface area contributed by atoms with Gasteiger partial charge in [-0.3, -0.25) is 0 Å². The van der Waals surface area contributed by atoms with E-state index >= 15 is 0 Å². The SMILES string of the molecule is O=C1N[C@H]2[C@H](CS[C@H]2CCCCC(=O)OCCCC[Te]c2ccccc2)N1. The number of unbranched alkanes of at least 4 members (excludes halogenated alkanes) is 2. The molecule has 0 spiro atoms. The zero-order valence-corrected chi connectivity index (χ0v) is 18.7. The molecule has 3 atom stereocenters. The van der Waals surface area contributed by atoms with Crippen LogP contribution in [-0.4, -0.2) is 62.6 Å². The summed E-state index contributed by atoms with van der Waals surface area (Å²) in [7, 11) is 0. The standard InChI is InChI=1S/C20H28N2O3STe/c23-18(25-12-6-7-13-27-15-8-2-1-3-9-15)11-5-4-10-17-19-16(14-26-17)21-20(24)22-19/h1-3,8-9,16-17,19H,4-7,10-14H2,(H2,21,22,24)/t16-,17-,19-/m0/s1. The van der Waals surface area contributed by atoms with Crippen molar-refractivity contribution in [3.05, 3.63) is 30.3 Å². The molecule has 2 fully saturated rings. The molecule has 0 radical (unpaired) electrons. The normalized spacial score (nSPS) is 23.6. The molecule has 148 valence electrons. The van der Waals surface area contributed by atoms with E-state index in [1.165, 1.54) is 8.08 Å². The van der Waals surface area contributed by atoms with E-state index in [4.69, 9.17) is 4.74 Å². The summed E-state index contributed by atoms with van der Waals surface area (Å²) in [4.78, 5) is 23.2. The molecule has 0 aliphatic carbocycles. The smallest absolute Gasteiger partial charge is 0.332 e. The van der Waals surface area contributed by atoms with Gasteiger partial charge in [0.05, 0.1) is 6.04 Å². The molecule has 0 aromatic heterocycles. The Morgan fingerprint density at radius 2 is 2.00 bits per heavy atom. The van der Waals surface area contributed by atoms with Gasteiger partial charge in [-0.1, -0.05) is 0 Å². The van der Waals surface area contributed by atoms with Gasteiger partial charge in [-0.05, 0) is 0 Å². The average Bonchev–Trinajstić information content (AvgIpc) is 3.22. The van der Waals surface area contributed by atoms with E-state index in [1.54, 1.807) is 0 Å². The van der Waals surface area contributed by atoms with Crippen LogP contribution in [0, 0.1) is 0 Å². The molecule has 3 rings (SSSR count). The van der Waals surface area contributed by atoms with Gasteiger partial charge in [0.15, 0.2) is 0 Å². The maximum atomic E-state index is 11.8. The molecule has 7 heteroatoms. The van der Waals surface area contributed by atoms with Gasteiger partial charge in [0.2, 0.25) is 0 Å². The Kier molecular flexibility index (Phi) is 8.63. The minimum Gasteiger partial charge on any atom is -0.332 e. The topological polar surface area (TPSA) is 67.4 Å². The van der Waals surface area contributed by atoms with E-state index in [0.29, 0.717) is 18.3 Å². The number of amides is 2. The first-order chi connectivity index (χ1) is 13.2. The summed E-state index contributed by atoms with van der Waals surface area (Å²) in [5.41, 5.74) is 0. The molecule has 1 aromatic carbocycles. The van der Waals surface area contributed by atoms with E-state index in [1.807, 2.05) is 11.8 Å². The van der Waals surface area contributed by atoms with Crippen LogP contribution in [-0.2, 0) is 9.53 Å². The summed E-state index contributed by atoms with van der Waals surface area (Å²) >= 11 is 1.84. The first-order valence-corrected chi connectivity index (χ1v) is 13.6. The quantitative estimate of drug-likeness (QED) is 0.211. The molecule has 1 aromatic rings. The molecule has 0 saturated carbocycles. The first kappa shape index (κ1) is 20.8. The van der Waals surface area contributed by atoms with Crippen LogP contribution in [0.1, 0.15) is 38.5 Å². The number of thioether (sulfide) groups is 1. The third-order valence-electron chi connectivity index (χ3n) is 4.87. The van der Waals surface area contributed by atoms with E-state index < -0.39 is 0 Å². The summed E-state index contributed by atoms with van der Waals surface area (Å²) in [6.45, 7) is 0.556. The molecule has 2 amide bonds. The van der Waals surface area contributed by atoms with E-state index in [9.17, 15) is 9.59 Å². The van der Waals surface area contributed by atoms with Gasteiger partial charge >= 0.3 is 149 Å². The van der Waals surface area contributed by atoms with Gasteiger partial charge < -0.3 is 10.6 Å². The minimum absolute atomic E-state index is 0.0369. The van der Waals surface area contributed by atoms with Crippen molar-refractivity contribution in [2.24, 2.45) is 0 Å². The molecular weight excluding hydrogens is 476 g/mol. The number of hydrogen-bond donors (Lipinski definition) is 2. The molecular formula is C20H28N2O3STe. The number of carbonyl (C=O) groups excluding carboxylic acids is 2. The summed E-state index contributed by atoms with van der Waals surface area (Å²) in [5, 5.41) is 6.44. The van der Waals surface area contributed by atoms with E-state index in [0.717, 1.165) is 37.9 Å². The Hall–Kier alpha value is -0.900. The van der Waals surface area contributed by atoms with Gasteiger partial charge in [-0.2, -0.15) is 0 Å². The Balaban J connectivity index is 1.16. The number of carbonyl (C=O) groups is 2. The van der Waals surface area contributed by atoms with Crippen LogP contribution in [0.2, 0.25) is 4.47 Å². The molecule has 2 aliphatic heterocycles. The third kappa shape index (κ3) is 6.89. The number of urea groups is 1. The summed E-state index contributed by atoms with van der Waals surface area (Å²) in [5.74, 6) is 0.922. The van der Waals surface area contributed by atoms with Crippen molar-refractivity contribution in [3.63, 3.8) is 0 Å². The molecule has 2 N–H and O–H groups in total. The zero-order valence-electron chi connectivity index (χ0n) is 15.5. The van der Waals surface area contributed by atoms with E-state index in [2.05, 4.69) is 41.0 Å². The van der Waals surface area contributed by atoms with Crippen LogP contribution in [0.3, 0.4) is 0 Å². The van der Waals surface area contributed by atoms with Crippen LogP contribution in [0.5, 0.6) is 0 Å². The fourth-order valence-electron chi connectivity index (χ4n) is 3.43. The number of rotatable bonds is 11. The fourth-order valence-corrected chi connectivity index (χ4v) is 7.64. The van der Waals surface area contributed by atoms with Crippen molar-refractivity contribution in [2.75, 3.05) is 12.4 Å². The van der Waals surface area contributed by atoms with Gasteiger partial charge in [-0.15, -0.1) is 0 Å². The molecule has 27 heavy (non-hydrogen) atoms. The predicted molar refractivity (Wildman–Crippen MR) is 111 cm³/mol. The van der Waals surface area contributed by atoms with Crippen molar-refractivity contribution >= 4 is 48.3 Å². The zero-order chi connectivity index (χ0) is 18.9. The number of ether oxygens (including phenoxy) is 1. The van der Waals surface area contributed by atoms with Crippen molar-refractivity contribution in [3.8, 4) is 0 Å². The molecule has 2 heterocycles. The number of benzene rings is 1. The second-order valence-corrected chi connectivity index (χ2v) is 11.6. The van der Waals surface area contributed by atoms with Crippen molar-refractivity contribution < 1.29 is 14.3 Å². The average molecular weight is 504 g/mol. The molecule has 0 unspecified atom stereocenters. The largest absolute Gasteiger partial charge is 0.332 e. The fraction of sp³-hybridized carbons (Fsp3) is 0.600. The summed E-state index contributed by atoms with van der Waals surface area (Å²) in [6, 6.07) is 11.2. The molecule has 2 saturated heterocycles. The molecule has 2 aliphatic rings. The maximum absolute atomic E-state index is 11.8. The van der Waals surface area contributed by atoms with Gasteiger partial charge in [-0.25, -0.2) is 4.79 Å². The maximum Gasteiger partial charge on any atom is -0.332 e. The van der Waals surface area contributed by atoms with Crippen molar-refractivity contribution in [1.29, 1.82) is 0 Å². The van der Waals surface area contributed by atoms with Crippen LogP contribution >= 0.6 is 11.8 Å². The van der Waals surface area contributed by atoms with Gasteiger partial charge in [0.25, 0.3) is 0 Å². The van der Waals surface area contributed by atoms with Gasteiger partial charge in [0, 0.05) is 5.75 Å². The Morgan fingerprint density at radius 1 is 1.15 bits per heavy atom. The summed E-state index contributed by atoms with van der Waals surface area (Å²) in [6.07, 6.45) is 5.55. The number of esters is 1. The Bertz CT molecular complexity index is 617. The second kappa shape index (κ2) is 11.2. The Morgan fingerprint density at radius 3 is 2.85 bits per heavy atom. The van der Waals surface area contributed by atoms with Crippen LogP contribution < -0.4 is 14.2 Å². The first-order valence-electron chi connectivity index (χ1n) is 9.74. The number of hydrogen-bond acceptors (Lipinski definition) is 4. The van der Waals surface area contributed by atoms with Crippen LogP contribution in [0.4, 0.5) is 4.79 Å². The van der Waals surface area contributed by atoms with Crippen LogP contribution in [0.25, 0.3) is 0 Å². The van der Waals surface area contributed by atoms with E-state index in [-0.39, 0.29) is 45.0 Å². The Labute approximate surface area is 175 Å². The third-order valence-corrected chi connectivity index (χ3v) is 9.51. The minimum atomic E-state index is -0.0850.